The van der Waals surface area contributed by atoms with Crippen LogP contribution in [0.4, 0.5) is 5.69 Å². The van der Waals surface area contributed by atoms with Crippen molar-refractivity contribution in [2.45, 2.75) is 0 Å². The van der Waals surface area contributed by atoms with Crippen molar-refractivity contribution in [2.75, 3.05) is 31.2 Å². The van der Waals surface area contributed by atoms with E-state index in [1.807, 2.05) is 0 Å². The average Bonchev–Trinajstić information content (AvgIpc) is 2.29. The first-order chi connectivity index (χ1) is 7.98. The SMILES string of the molecule is CNCCS(=O)(=O)Nc1ccc(Br)c(OC)c1. The molecule has 0 unspecified atom stereocenters. The maximum Gasteiger partial charge on any atom is 0.233 e. The van der Waals surface area contributed by atoms with Crippen LogP contribution in [-0.4, -0.2) is 34.9 Å². The van der Waals surface area contributed by atoms with E-state index in [9.17, 15) is 8.42 Å². The van der Waals surface area contributed by atoms with Crippen LogP contribution in [0.15, 0.2) is 22.7 Å². The number of methoxy groups -OCH3 is 1. The van der Waals surface area contributed by atoms with Gasteiger partial charge in [-0.15, -0.1) is 0 Å². The average molecular weight is 323 g/mol. The number of ether oxygens (including phenoxy) is 1. The molecule has 1 rings (SSSR count). The summed E-state index contributed by atoms with van der Waals surface area (Å²) in [5.41, 5.74) is 0.487. The van der Waals surface area contributed by atoms with E-state index in [1.165, 1.54) is 7.11 Å². The van der Waals surface area contributed by atoms with Crippen LogP contribution in [0.5, 0.6) is 5.75 Å². The van der Waals surface area contributed by atoms with Crippen molar-refractivity contribution >= 4 is 31.6 Å². The van der Waals surface area contributed by atoms with E-state index in [0.29, 0.717) is 18.0 Å². The Morgan fingerprint density at radius 3 is 2.71 bits per heavy atom. The van der Waals surface area contributed by atoms with E-state index in [-0.39, 0.29) is 5.75 Å². The molecule has 0 spiro atoms. The van der Waals surface area contributed by atoms with Crippen molar-refractivity contribution in [3.8, 4) is 5.75 Å². The Bertz CT molecular complexity index is 476. The minimum Gasteiger partial charge on any atom is -0.495 e. The molecule has 0 atom stereocenters. The van der Waals surface area contributed by atoms with Crippen molar-refractivity contribution in [3.05, 3.63) is 22.7 Å². The Labute approximate surface area is 110 Å². The van der Waals surface area contributed by atoms with Crippen LogP contribution in [0, 0.1) is 0 Å². The minimum absolute atomic E-state index is 0.0296. The van der Waals surface area contributed by atoms with E-state index in [2.05, 4.69) is 26.0 Å². The van der Waals surface area contributed by atoms with Crippen molar-refractivity contribution < 1.29 is 13.2 Å². The molecule has 7 heteroatoms. The predicted molar refractivity (Wildman–Crippen MR) is 72.0 cm³/mol. The van der Waals surface area contributed by atoms with Crippen molar-refractivity contribution in [1.82, 2.24) is 5.32 Å². The van der Waals surface area contributed by atoms with Gasteiger partial charge in [0.25, 0.3) is 0 Å². The summed E-state index contributed by atoms with van der Waals surface area (Å²) >= 11 is 3.30. The number of rotatable bonds is 6. The van der Waals surface area contributed by atoms with Gasteiger partial charge in [-0.25, -0.2) is 8.42 Å². The molecule has 0 aliphatic rings. The fourth-order valence-corrected chi connectivity index (χ4v) is 2.66. The zero-order valence-electron chi connectivity index (χ0n) is 9.66. The molecule has 0 amide bonds. The molecule has 0 saturated heterocycles. The Balaban J connectivity index is 2.81. The van der Waals surface area contributed by atoms with Gasteiger partial charge in [-0.1, -0.05) is 0 Å². The highest BCUT2D eigenvalue weighted by molar-refractivity contribution is 9.10. The molecule has 0 bridgehead atoms. The molecule has 0 saturated carbocycles. The normalized spacial score (nSPS) is 11.2. The zero-order valence-corrected chi connectivity index (χ0v) is 12.1. The van der Waals surface area contributed by atoms with Gasteiger partial charge in [0.1, 0.15) is 5.75 Å². The summed E-state index contributed by atoms with van der Waals surface area (Å²) in [4.78, 5) is 0. The second-order valence-corrected chi connectivity index (χ2v) is 6.07. The lowest BCUT2D eigenvalue weighted by Gasteiger charge is -2.10. The van der Waals surface area contributed by atoms with E-state index < -0.39 is 10.0 Å². The summed E-state index contributed by atoms with van der Waals surface area (Å²) in [6.45, 7) is 0.406. The molecule has 1 aromatic rings. The van der Waals surface area contributed by atoms with Gasteiger partial charge in [0, 0.05) is 12.6 Å². The highest BCUT2D eigenvalue weighted by Crippen LogP contribution is 2.28. The number of halogens is 1. The smallest absolute Gasteiger partial charge is 0.233 e. The standard InChI is InChI=1S/C10H15BrN2O3S/c1-12-5-6-17(14,15)13-8-3-4-9(11)10(7-8)16-2/h3-4,7,12-13H,5-6H2,1-2H3. The maximum absolute atomic E-state index is 11.6. The first-order valence-electron chi connectivity index (χ1n) is 4.97. The number of sulfonamides is 1. The second kappa shape index (κ2) is 6.23. The molecule has 0 aromatic heterocycles. The topological polar surface area (TPSA) is 67.4 Å². The summed E-state index contributed by atoms with van der Waals surface area (Å²) in [5, 5.41) is 2.79. The number of nitrogens with one attached hydrogen (secondary N) is 2. The zero-order chi connectivity index (χ0) is 12.9. The molecular weight excluding hydrogens is 308 g/mol. The highest BCUT2D eigenvalue weighted by Gasteiger charge is 2.10. The molecule has 96 valence electrons. The molecule has 0 heterocycles. The molecule has 17 heavy (non-hydrogen) atoms. The highest BCUT2D eigenvalue weighted by atomic mass is 79.9. The lowest BCUT2D eigenvalue weighted by Crippen LogP contribution is -2.24. The first kappa shape index (κ1) is 14.3. The van der Waals surface area contributed by atoms with Crippen LogP contribution in [0.2, 0.25) is 0 Å². The quantitative estimate of drug-likeness (QED) is 0.831. The largest absolute Gasteiger partial charge is 0.495 e. The maximum atomic E-state index is 11.6. The van der Waals surface area contributed by atoms with E-state index >= 15 is 0 Å². The van der Waals surface area contributed by atoms with Gasteiger partial charge in [0.15, 0.2) is 0 Å². The molecule has 5 nitrogen and oxygen atoms in total. The van der Waals surface area contributed by atoms with Crippen LogP contribution in [0.1, 0.15) is 0 Å². The van der Waals surface area contributed by atoms with E-state index in [1.54, 1.807) is 25.2 Å². The first-order valence-corrected chi connectivity index (χ1v) is 7.41. The van der Waals surface area contributed by atoms with Crippen LogP contribution < -0.4 is 14.8 Å². The van der Waals surface area contributed by atoms with Gasteiger partial charge in [-0.3, -0.25) is 4.72 Å². The Morgan fingerprint density at radius 2 is 2.12 bits per heavy atom. The minimum atomic E-state index is -3.32. The fourth-order valence-electron chi connectivity index (χ4n) is 1.19. The molecular formula is C10H15BrN2O3S. The molecule has 0 aliphatic carbocycles. The summed E-state index contributed by atoms with van der Waals surface area (Å²) in [6.07, 6.45) is 0. The van der Waals surface area contributed by atoms with Crippen LogP contribution >= 0.6 is 15.9 Å². The fraction of sp³-hybridized carbons (Fsp3) is 0.400. The van der Waals surface area contributed by atoms with Crippen LogP contribution in [-0.2, 0) is 10.0 Å². The number of hydrogen-bond donors (Lipinski definition) is 2. The van der Waals surface area contributed by atoms with E-state index in [4.69, 9.17) is 4.74 Å². The summed E-state index contributed by atoms with van der Waals surface area (Å²) in [7, 11) is -0.0843. The monoisotopic (exact) mass is 322 g/mol. The van der Waals surface area contributed by atoms with Crippen LogP contribution in [0.3, 0.4) is 0 Å². The third kappa shape index (κ3) is 4.53. The van der Waals surface area contributed by atoms with E-state index in [0.717, 1.165) is 4.47 Å². The molecule has 0 radical (unpaired) electrons. The van der Waals surface area contributed by atoms with Gasteiger partial charge in [-0.05, 0) is 35.1 Å². The predicted octanol–water partition coefficient (Wildman–Crippen LogP) is 1.42. The third-order valence-electron chi connectivity index (χ3n) is 2.05. The Hall–Kier alpha value is -0.790. The van der Waals surface area contributed by atoms with Crippen molar-refractivity contribution in [2.24, 2.45) is 0 Å². The summed E-state index contributed by atoms with van der Waals surface area (Å²) < 4.78 is 31.6. The number of anilines is 1. The Kier molecular flexibility index (Phi) is 5.23. The third-order valence-corrected chi connectivity index (χ3v) is 3.99. The van der Waals surface area contributed by atoms with Crippen LogP contribution in [0.25, 0.3) is 0 Å². The van der Waals surface area contributed by atoms with Crippen molar-refractivity contribution in [3.63, 3.8) is 0 Å². The molecule has 0 aliphatic heterocycles. The van der Waals surface area contributed by atoms with Gasteiger partial charge in [0.05, 0.1) is 23.0 Å². The lowest BCUT2D eigenvalue weighted by atomic mass is 10.3. The van der Waals surface area contributed by atoms with Gasteiger partial charge in [0.2, 0.25) is 10.0 Å². The van der Waals surface area contributed by atoms with Gasteiger partial charge >= 0.3 is 0 Å². The van der Waals surface area contributed by atoms with Crippen molar-refractivity contribution in [1.29, 1.82) is 0 Å². The molecule has 1 aromatic carbocycles. The Morgan fingerprint density at radius 1 is 1.41 bits per heavy atom. The van der Waals surface area contributed by atoms with Gasteiger partial charge in [-0.2, -0.15) is 0 Å². The number of benzene rings is 1. The molecule has 2 N–H and O–H groups in total. The summed E-state index contributed by atoms with van der Waals surface area (Å²) in [6, 6.07) is 5.03. The second-order valence-electron chi connectivity index (χ2n) is 3.37. The molecule has 0 fully saturated rings. The number of hydrogen-bond acceptors (Lipinski definition) is 4. The summed E-state index contributed by atoms with van der Waals surface area (Å²) in [5.74, 6) is 0.612. The lowest BCUT2D eigenvalue weighted by molar-refractivity contribution is 0.412. The van der Waals surface area contributed by atoms with Gasteiger partial charge < -0.3 is 10.1 Å².